The average molecular weight is 246 g/mol. The minimum atomic E-state index is -0.949. The number of aryl methyl sites for hydroxylation is 1. The maximum absolute atomic E-state index is 8.84. The first-order valence-electron chi connectivity index (χ1n) is 6.10. The van der Waals surface area contributed by atoms with E-state index < -0.39 is 5.54 Å². The van der Waals surface area contributed by atoms with E-state index in [4.69, 9.17) is 15.7 Å². The number of hydrogen-bond acceptors (Lipinski definition) is 3. The molecule has 0 spiro atoms. The molecule has 0 aliphatic rings. The molecule has 0 aliphatic heterocycles. The highest BCUT2D eigenvalue weighted by atomic mass is 16.5. The van der Waals surface area contributed by atoms with E-state index in [1.807, 2.05) is 19.1 Å². The molecule has 1 aromatic rings. The number of benzene rings is 1. The summed E-state index contributed by atoms with van der Waals surface area (Å²) in [7, 11) is 0. The van der Waals surface area contributed by atoms with Crippen molar-refractivity contribution in [1.29, 1.82) is 5.26 Å². The van der Waals surface area contributed by atoms with Gasteiger partial charge in [-0.2, -0.15) is 5.26 Å². The monoisotopic (exact) mass is 246 g/mol. The van der Waals surface area contributed by atoms with Gasteiger partial charge >= 0.3 is 0 Å². The Bertz CT molecular complexity index is 464. The normalized spacial score (nSPS) is 14.7. The Labute approximate surface area is 110 Å². The number of nitrogens with two attached hydrogens (primary N) is 1. The molecule has 2 N–H and O–H groups in total. The molecule has 1 aromatic carbocycles. The standard InChI is InChI=1S/C15H22N2O/c1-11-8-12(14(2,3)4)6-7-13(11)18-10-15(5,17)9-16/h6-8H,10,17H2,1-5H3. The molecule has 3 nitrogen and oxygen atoms in total. The third-order valence-electron chi connectivity index (χ3n) is 2.82. The zero-order chi connectivity index (χ0) is 14.0. The lowest BCUT2D eigenvalue weighted by Gasteiger charge is -2.22. The molecular formula is C15H22N2O. The van der Waals surface area contributed by atoms with Crippen molar-refractivity contribution >= 4 is 0 Å². The van der Waals surface area contributed by atoms with E-state index in [1.54, 1.807) is 6.92 Å². The molecule has 1 atom stereocenters. The summed E-state index contributed by atoms with van der Waals surface area (Å²) < 4.78 is 5.61. The Balaban J connectivity index is 2.85. The van der Waals surface area contributed by atoms with E-state index in [0.717, 1.165) is 11.3 Å². The molecule has 98 valence electrons. The van der Waals surface area contributed by atoms with Crippen molar-refractivity contribution in [2.75, 3.05) is 6.61 Å². The second kappa shape index (κ2) is 4.99. The van der Waals surface area contributed by atoms with Crippen molar-refractivity contribution in [3.05, 3.63) is 29.3 Å². The van der Waals surface area contributed by atoms with Crippen molar-refractivity contribution in [1.82, 2.24) is 0 Å². The second-order valence-electron chi connectivity index (χ2n) is 6.05. The first-order valence-corrected chi connectivity index (χ1v) is 6.10. The van der Waals surface area contributed by atoms with Crippen LogP contribution in [-0.4, -0.2) is 12.1 Å². The van der Waals surface area contributed by atoms with Crippen molar-refractivity contribution in [3.8, 4) is 11.8 Å². The maximum atomic E-state index is 8.84. The van der Waals surface area contributed by atoms with Crippen LogP contribution in [0.2, 0.25) is 0 Å². The van der Waals surface area contributed by atoms with Crippen LogP contribution in [0, 0.1) is 18.3 Å². The predicted octanol–water partition coefficient (Wildman–Crippen LogP) is 2.91. The number of hydrogen-bond donors (Lipinski definition) is 1. The largest absolute Gasteiger partial charge is 0.490 e. The van der Waals surface area contributed by atoms with Gasteiger partial charge in [-0.3, -0.25) is 0 Å². The van der Waals surface area contributed by atoms with Crippen LogP contribution in [0.5, 0.6) is 5.75 Å². The van der Waals surface area contributed by atoms with Crippen LogP contribution in [0.1, 0.15) is 38.8 Å². The summed E-state index contributed by atoms with van der Waals surface area (Å²) in [4.78, 5) is 0. The highest BCUT2D eigenvalue weighted by Gasteiger charge is 2.19. The van der Waals surface area contributed by atoms with Crippen molar-refractivity contribution in [2.45, 2.75) is 45.6 Å². The fourth-order valence-corrected chi connectivity index (χ4v) is 1.54. The molecule has 0 aliphatic carbocycles. The minimum Gasteiger partial charge on any atom is -0.490 e. The summed E-state index contributed by atoms with van der Waals surface area (Å²) in [6.07, 6.45) is 0. The van der Waals surface area contributed by atoms with Crippen LogP contribution in [-0.2, 0) is 5.41 Å². The highest BCUT2D eigenvalue weighted by molar-refractivity contribution is 5.38. The van der Waals surface area contributed by atoms with Gasteiger partial charge in [-0.1, -0.05) is 32.9 Å². The van der Waals surface area contributed by atoms with E-state index in [2.05, 4.69) is 32.9 Å². The predicted molar refractivity (Wildman–Crippen MR) is 73.6 cm³/mol. The van der Waals surface area contributed by atoms with Crippen molar-refractivity contribution in [2.24, 2.45) is 5.73 Å². The first kappa shape index (κ1) is 14.5. The summed E-state index contributed by atoms with van der Waals surface area (Å²) >= 11 is 0. The second-order valence-corrected chi connectivity index (χ2v) is 6.05. The molecule has 18 heavy (non-hydrogen) atoms. The average Bonchev–Trinajstić information content (AvgIpc) is 2.26. The van der Waals surface area contributed by atoms with Crippen LogP contribution in [0.25, 0.3) is 0 Å². The lowest BCUT2D eigenvalue weighted by molar-refractivity contribution is 0.263. The molecule has 0 aromatic heterocycles. The van der Waals surface area contributed by atoms with Crippen molar-refractivity contribution in [3.63, 3.8) is 0 Å². The number of nitriles is 1. The van der Waals surface area contributed by atoms with E-state index >= 15 is 0 Å². The molecular weight excluding hydrogens is 224 g/mol. The van der Waals surface area contributed by atoms with Crippen LogP contribution >= 0.6 is 0 Å². The summed E-state index contributed by atoms with van der Waals surface area (Å²) in [5.41, 5.74) is 7.23. The van der Waals surface area contributed by atoms with Crippen LogP contribution in [0.4, 0.5) is 0 Å². The third-order valence-corrected chi connectivity index (χ3v) is 2.82. The van der Waals surface area contributed by atoms with Gasteiger partial charge in [-0.05, 0) is 36.5 Å². The van der Waals surface area contributed by atoms with Crippen molar-refractivity contribution < 1.29 is 4.74 Å². The number of rotatable bonds is 3. The lowest BCUT2D eigenvalue weighted by Crippen LogP contribution is -2.40. The van der Waals surface area contributed by atoms with Gasteiger partial charge in [0.15, 0.2) is 0 Å². The first-order chi connectivity index (χ1) is 8.15. The lowest BCUT2D eigenvalue weighted by atomic mass is 9.86. The molecule has 0 heterocycles. The molecule has 0 saturated carbocycles. The van der Waals surface area contributed by atoms with Gasteiger partial charge in [0.2, 0.25) is 0 Å². The third kappa shape index (κ3) is 3.75. The maximum Gasteiger partial charge on any atom is 0.135 e. The minimum absolute atomic E-state index is 0.123. The SMILES string of the molecule is Cc1cc(C(C)(C)C)ccc1OCC(C)(N)C#N. The van der Waals surface area contributed by atoms with Gasteiger partial charge < -0.3 is 10.5 Å². The van der Waals surface area contributed by atoms with E-state index in [9.17, 15) is 0 Å². The van der Waals surface area contributed by atoms with Gasteiger partial charge in [0.25, 0.3) is 0 Å². The summed E-state index contributed by atoms with van der Waals surface area (Å²) in [6.45, 7) is 10.4. The smallest absolute Gasteiger partial charge is 0.135 e. The zero-order valence-corrected chi connectivity index (χ0v) is 11.9. The van der Waals surface area contributed by atoms with Gasteiger partial charge in [0.05, 0.1) is 6.07 Å². The Hall–Kier alpha value is -1.53. The van der Waals surface area contributed by atoms with Gasteiger partial charge in [-0.25, -0.2) is 0 Å². The molecule has 0 bridgehead atoms. The highest BCUT2D eigenvalue weighted by Crippen LogP contribution is 2.27. The Morgan fingerprint density at radius 3 is 2.33 bits per heavy atom. The van der Waals surface area contributed by atoms with Gasteiger partial charge in [-0.15, -0.1) is 0 Å². The Kier molecular flexibility index (Phi) is 4.03. The summed E-state index contributed by atoms with van der Waals surface area (Å²) in [5.74, 6) is 0.787. The molecule has 3 heteroatoms. The Morgan fingerprint density at radius 2 is 1.89 bits per heavy atom. The number of ether oxygens (including phenoxy) is 1. The fourth-order valence-electron chi connectivity index (χ4n) is 1.54. The van der Waals surface area contributed by atoms with Crippen LogP contribution in [0.3, 0.4) is 0 Å². The quantitative estimate of drug-likeness (QED) is 0.892. The topological polar surface area (TPSA) is 59.0 Å². The molecule has 0 saturated heterocycles. The molecule has 1 unspecified atom stereocenters. The molecule has 1 rings (SSSR count). The number of nitrogens with zero attached hydrogens (tertiary/aromatic N) is 1. The summed E-state index contributed by atoms with van der Waals surface area (Å²) in [5, 5.41) is 8.84. The Morgan fingerprint density at radius 1 is 1.28 bits per heavy atom. The molecule has 0 fully saturated rings. The van der Waals surface area contributed by atoms with Crippen LogP contribution < -0.4 is 10.5 Å². The zero-order valence-electron chi connectivity index (χ0n) is 11.9. The van der Waals surface area contributed by atoms with E-state index in [-0.39, 0.29) is 12.0 Å². The molecule has 0 amide bonds. The molecule has 0 radical (unpaired) electrons. The van der Waals surface area contributed by atoms with E-state index in [0.29, 0.717) is 0 Å². The summed E-state index contributed by atoms with van der Waals surface area (Å²) in [6, 6.07) is 8.15. The van der Waals surface area contributed by atoms with Gasteiger partial charge in [0, 0.05) is 0 Å². The van der Waals surface area contributed by atoms with Gasteiger partial charge in [0.1, 0.15) is 17.9 Å². The fraction of sp³-hybridized carbons (Fsp3) is 0.533. The van der Waals surface area contributed by atoms with E-state index in [1.165, 1.54) is 5.56 Å². The van der Waals surface area contributed by atoms with Crippen LogP contribution in [0.15, 0.2) is 18.2 Å².